The van der Waals surface area contributed by atoms with Crippen LogP contribution in [-0.4, -0.2) is 11.9 Å². The molecule has 32 heavy (non-hydrogen) atoms. The van der Waals surface area contributed by atoms with E-state index in [1.807, 2.05) is 0 Å². The Labute approximate surface area is 206 Å². The van der Waals surface area contributed by atoms with Crippen molar-refractivity contribution in [3.63, 3.8) is 0 Å². The zero-order chi connectivity index (χ0) is 23.6. The molecule has 3 rings (SSSR count). The van der Waals surface area contributed by atoms with Crippen LogP contribution < -0.4 is 15.4 Å². The van der Waals surface area contributed by atoms with Gasteiger partial charge in [0.2, 0.25) is 0 Å². The van der Waals surface area contributed by atoms with Gasteiger partial charge in [-0.05, 0) is 83.4 Å². The Balaban J connectivity index is 1.78. The first-order valence-electron chi connectivity index (χ1n) is 9.06. The van der Waals surface area contributed by atoms with Gasteiger partial charge in [0.15, 0.2) is 0 Å². The molecule has 166 valence electrons. The molecule has 0 aliphatic heterocycles. The van der Waals surface area contributed by atoms with Gasteiger partial charge in [-0.3, -0.25) is 10.1 Å². The molecule has 10 heteroatoms. The lowest BCUT2D eigenvalue weighted by Gasteiger charge is -2.17. The molecule has 0 aliphatic carbocycles. The number of hydrogen-bond donors (Lipinski definition) is 2. The van der Waals surface area contributed by atoms with Gasteiger partial charge in [-0.2, -0.15) is 0 Å². The summed E-state index contributed by atoms with van der Waals surface area (Å²) in [6, 6.07) is 9.18. The Kier molecular flexibility index (Phi) is 7.67. The predicted octanol–water partition coefficient (Wildman–Crippen LogP) is 7.92. The van der Waals surface area contributed by atoms with Crippen LogP contribution in [0.2, 0.25) is 15.1 Å². The highest BCUT2D eigenvalue weighted by atomic mass is 79.9. The average Bonchev–Trinajstić information content (AvgIpc) is 2.70. The number of benzene rings is 3. The van der Waals surface area contributed by atoms with Gasteiger partial charge in [0.25, 0.3) is 5.91 Å². The smallest absolute Gasteiger partial charge is 0.326 e. The van der Waals surface area contributed by atoms with Crippen molar-refractivity contribution >= 4 is 68.4 Å². The summed E-state index contributed by atoms with van der Waals surface area (Å²) < 4.78 is 19.8. The average molecular weight is 561 g/mol. The van der Waals surface area contributed by atoms with E-state index in [-0.39, 0.29) is 15.6 Å². The number of amides is 3. The number of urea groups is 1. The first kappa shape index (κ1) is 24.3. The van der Waals surface area contributed by atoms with Crippen LogP contribution in [0.3, 0.4) is 0 Å². The molecule has 0 unspecified atom stereocenters. The minimum Gasteiger partial charge on any atom is -0.454 e. The summed E-state index contributed by atoms with van der Waals surface area (Å²) in [5.74, 6) is -0.448. The van der Waals surface area contributed by atoms with Crippen molar-refractivity contribution in [3.05, 3.63) is 84.5 Å². The molecule has 3 amide bonds. The number of imide groups is 1. The van der Waals surface area contributed by atoms with Crippen LogP contribution in [0.1, 0.15) is 21.5 Å². The van der Waals surface area contributed by atoms with E-state index in [9.17, 15) is 14.0 Å². The van der Waals surface area contributed by atoms with E-state index in [1.165, 1.54) is 6.07 Å². The highest BCUT2D eigenvalue weighted by Crippen LogP contribution is 2.41. The maximum atomic E-state index is 13.2. The monoisotopic (exact) mass is 558 g/mol. The fourth-order valence-corrected chi connectivity index (χ4v) is 4.08. The summed E-state index contributed by atoms with van der Waals surface area (Å²) >= 11 is 21.7. The molecule has 3 aromatic carbocycles. The number of hydrogen-bond acceptors (Lipinski definition) is 3. The molecule has 0 fully saturated rings. The van der Waals surface area contributed by atoms with Gasteiger partial charge in [0.05, 0.1) is 20.1 Å². The number of rotatable bonds is 4. The normalized spacial score (nSPS) is 10.6. The molecule has 0 aromatic heterocycles. The second-order valence-corrected chi connectivity index (χ2v) is 8.79. The van der Waals surface area contributed by atoms with Crippen LogP contribution in [0.15, 0.2) is 46.9 Å². The molecule has 0 bridgehead atoms. The van der Waals surface area contributed by atoms with Crippen molar-refractivity contribution in [3.8, 4) is 11.5 Å². The molecule has 0 atom stereocenters. The van der Waals surface area contributed by atoms with Gasteiger partial charge in [0.1, 0.15) is 17.3 Å². The maximum Gasteiger partial charge on any atom is 0.326 e. The van der Waals surface area contributed by atoms with E-state index in [0.29, 0.717) is 37.8 Å². The SMILES string of the molecule is Cc1cc(NC(=O)NC(=O)c2ccc(F)cc2Cl)c(C)c(Cl)c1Oc1ccc(Cl)cc1Br. The highest BCUT2D eigenvalue weighted by Gasteiger charge is 2.19. The summed E-state index contributed by atoms with van der Waals surface area (Å²) in [5.41, 5.74) is 1.52. The highest BCUT2D eigenvalue weighted by molar-refractivity contribution is 9.10. The molecular formula is C22H15BrCl3FN2O3. The zero-order valence-electron chi connectivity index (χ0n) is 16.7. The van der Waals surface area contributed by atoms with Crippen molar-refractivity contribution in [2.24, 2.45) is 0 Å². The van der Waals surface area contributed by atoms with Gasteiger partial charge in [-0.25, -0.2) is 9.18 Å². The molecule has 2 N–H and O–H groups in total. The van der Waals surface area contributed by atoms with Crippen molar-refractivity contribution in [1.29, 1.82) is 0 Å². The number of halogens is 5. The summed E-state index contributed by atoms with van der Waals surface area (Å²) in [6.07, 6.45) is 0. The number of ether oxygens (including phenoxy) is 1. The number of carbonyl (C=O) groups excluding carboxylic acids is 2. The molecule has 5 nitrogen and oxygen atoms in total. The molecule has 0 heterocycles. The Bertz CT molecular complexity index is 1240. The third kappa shape index (κ3) is 5.53. The third-order valence-electron chi connectivity index (χ3n) is 4.41. The second-order valence-electron chi connectivity index (χ2n) is 6.72. The van der Waals surface area contributed by atoms with Gasteiger partial charge in [-0.15, -0.1) is 0 Å². The Morgan fingerprint density at radius 3 is 2.41 bits per heavy atom. The lowest BCUT2D eigenvalue weighted by atomic mass is 10.1. The number of nitrogens with one attached hydrogen (secondary N) is 2. The summed E-state index contributed by atoms with van der Waals surface area (Å²) in [7, 11) is 0. The molecule has 3 aromatic rings. The Morgan fingerprint density at radius 2 is 1.75 bits per heavy atom. The van der Waals surface area contributed by atoms with Crippen LogP contribution in [0.25, 0.3) is 0 Å². The van der Waals surface area contributed by atoms with Crippen LogP contribution in [0, 0.1) is 19.7 Å². The molecule has 0 aliphatic rings. The largest absolute Gasteiger partial charge is 0.454 e. The quantitative estimate of drug-likeness (QED) is 0.341. The molecular weight excluding hydrogens is 546 g/mol. The lowest BCUT2D eigenvalue weighted by Crippen LogP contribution is -2.34. The van der Waals surface area contributed by atoms with E-state index in [4.69, 9.17) is 39.5 Å². The summed E-state index contributed by atoms with van der Waals surface area (Å²) in [6.45, 7) is 3.46. The first-order chi connectivity index (χ1) is 15.1. The van der Waals surface area contributed by atoms with Crippen LogP contribution in [-0.2, 0) is 0 Å². The Hall–Kier alpha value is -2.32. The van der Waals surface area contributed by atoms with Crippen molar-refractivity contribution in [2.75, 3.05) is 5.32 Å². The standard InChI is InChI=1S/C22H15BrCl3FN2O3/c1-10-7-17(28-22(31)29-21(30)14-5-4-13(27)9-16(14)25)11(2)19(26)20(10)32-18-6-3-12(24)8-15(18)23/h3-9H,1-2H3,(H2,28,29,30,31). The van der Waals surface area contributed by atoms with Gasteiger partial charge in [-0.1, -0.05) is 34.8 Å². The fourth-order valence-electron chi connectivity index (χ4n) is 2.77. The van der Waals surface area contributed by atoms with Gasteiger partial charge >= 0.3 is 6.03 Å². The molecule has 0 saturated carbocycles. The molecule has 0 spiro atoms. The van der Waals surface area contributed by atoms with Crippen molar-refractivity contribution in [1.82, 2.24) is 5.32 Å². The van der Waals surface area contributed by atoms with Crippen molar-refractivity contribution < 1.29 is 18.7 Å². The van der Waals surface area contributed by atoms with E-state index in [1.54, 1.807) is 38.1 Å². The topological polar surface area (TPSA) is 67.4 Å². The number of anilines is 1. The number of aryl methyl sites for hydroxylation is 1. The van der Waals surface area contributed by atoms with Crippen molar-refractivity contribution in [2.45, 2.75) is 13.8 Å². The zero-order valence-corrected chi connectivity index (χ0v) is 20.5. The molecule has 0 radical (unpaired) electrons. The minimum absolute atomic E-state index is 0.0357. The summed E-state index contributed by atoms with van der Waals surface area (Å²) in [4.78, 5) is 24.6. The fraction of sp³-hybridized carbons (Fsp3) is 0.0909. The molecule has 0 saturated heterocycles. The first-order valence-corrected chi connectivity index (χ1v) is 11.0. The predicted molar refractivity (Wildman–Crippen MR) is 128 cm³/mol. The van der Waals surface area contributed by atoms with Crippen LogP contribution >= 0.6 is 50.7 Å². The van der Waals surface area contributed by atoms with E-state index < -0.39 is 17.8 Å². The minimum atomic E-state index is -0.803. The second kappa shape index (κ2) is 10.1. The lowest BCUT2D eigenvalue weighted by molar-refractivity contribution is 0.0967. The number of carbonyl (C=O) groups is 2. The van der Waals surface area contributed by atoms with Crippen LogP contribution in [0.4, 0.5) is 14.9 Å². The third-order valence-corrected chi connectivity index (χ3v) is 6.03. The van der Waals surface area contributed by atoms with Gasteiger partial charge < -0.3 is 10.1 Å². The van der Waals surface area contributed by atoms with E-state index >= 15 is 0 Å². The Morgan fingerprint density at radius 1 is 1.03 bits per heavy atom. The summed E-state index contributed by atoms with van der Waals surface area (Å²) in [5, 5.41) is 5.45. The maximum absolute atomic E-state index is 13.2. The van der Waals surface area contributed by atoms with E-state index in [0.717, 1.165) is 12.1 Å². The van der Waals surface area contributed by atoms with E-state index in [2.05, 4.69) is 26.6 Å². The van der Waals surface area contributed by atoms with Crippen LogP contribution in [0.5, 0.6) is 11.5 Å². The van der Waals surface area contributed by atoms with Gasteiger partial charge in [0, 0.05) is 10.7 Å².